The number of halogens is 2. The smallest absolute Gasteiger partial charge is 0.0659 e. The Kier molecular flexibility index (Phi) is 4.18. The van der Waals surface area contributed by atoms with Gasteiger partial charge in [-0.25, -0.2) is 0 Å². The molecule has 0 aromatic heterocycles. The molecule has 0 amide bonds. The van der Waals surface area contributed by atoms with E-state index in [0.29, 0.717) is 0 Å². The predicted octanol–water partition coefficient (Wildman–Crippen LogP) is 6.01. The molecule has 20 heavy (non-hydrogen) atoms. The maximum Gasteiger partial charge on any atom is 0.0659 e. The Morgan fingerprint density at radius 1 is 1.00 bits per heavy atom. The van der Waals surface area contributed by atoms with Gasteiger partial charge in [0.05, 0.1) is 4.83 Å². The van der Waals surface area contributed by atoms with Gasteiger partial charge in [0.25, 0.3) is 0 Å². The number of hydrogen-bond donors (Lipinski definition) is 0. The van der Waals surface area contributed by atoms with Gasteiger partial charge in [-0.1, -0.05) is 57.9 Å². The molecular weight excluding hydrogens is 332 g/mol. The normalized spacial score (nSPS) is 15.8. The fourth-order valence-corrected chi connectivity index (χ4v) is 4.09. The van der Waals surface area contributed by atoms with Crippen LogP contribution in [0.15, 0.2) is 36.4 Å². The highest BCUT2D eigenvalue weighted by Crippen LogP contribution is 2.37. The van der Waals surface area contributed by atoms with Crippen molar-refractivity contribution in [2.24, 2.45) is 0 Å². The van der Waals surface area contributed by atoms with Crippen molar-refractivity contribution in [3.05, 3.63) is 69.2 Å². The topological polar surface area (TPSA) is 0 Å². The summed E-state index contributed by atoms with van der Waals surface area (Å²) in [5.74, 6) is 0. The average molecular weight is 350 g/mol. The summed E-state index contributed by atoms with van der Waals surface area (Å²) in [5.41, 5.74) is 6.68. The molecule has 0 saturated carbocycles. The minimum atomic E-state index is 0.169. The molecular formula is C18H18BrCl. The second-order valence-electron chi connectivity index (χ2n) is 5.62. The summed E-state index contributed by atoms with van der Waals surface area (Å²) >= 11 is 10.2. The van der Waals surface area contributed by atoms with Crippen molar-refractivity contribution < 1.29 is 0 Å². The Bertz CT molecular complexity index is 633. The molecule has 1 aliphatic rings. The van der Waals surface area contributed by atoms with Crippen LogP contribution in [0, 0.1) is 6.92 Å². The van der Waals surface area contributed by atoms with Crippen LogP contribution in [-0.4, -0.2) is 0 Å². The monoisotopic (exact) mass is 348 g/mol. The fourth-order valence-electron chi connectivity index (χ4n) is 2.93. The zero-order valence-corrected chi connectivity index (χ0v) is 14.0. The number of rotatable bonds is 2. The largest absolute Gasteiger partial charge is 0.0840 e. The SMILES string of the molecule is Cc1ccc(C(Br)c2ccc3c(c2)CCCC3)c(Cl)c1. The van der Waals surface area contributed by atoms with Crippen molar-refractivity contribution in [3.63, 3.8) is 0 Å². The number of hydrogen-bond acceptors (Lipinski definition) is 0. The van der Waals surface area contributed by atoms with Gasteiger partial charge in [-0.15, -0.1) is 0 Å². The van der Waals surface area contributed by atoms with Gasteiger partial charge < -0.3 is 0 Å². The molecule has 2 heteroatoms. The predicted molar refractivity (Wildman–Crippen MR) is 90.0 cm³/mol. The number of alkyl halides is 1. The van der Waals surface area contributed by atoms with E-state index in [4.69, 9.17) is 11.6 Å². The Labute approximate surface area is 134 Å². The maximum absolute atomic E-state index is 6.39. The van der Waals surface area contributed by atoms with E-state index >= 15 is 0 Å². The molecule has 2 aromatic rings. The zero-order valence-electron chi connectivity index (χ0n) is 11.6. The van der Waals surface area contributed by atoms with Gasteiger partial charge in [-0.2, -0.15) is 0 Å². The standard InChI is InChI=1S/C18H18BrCl/c1-12-6-9-16(17(20)10-12)18(19)15-8-7-13-4-2-3-5-14(13)11-15/h6-11,18H,2-5H2,1H3. The molecule has 0 bridgehead atoms. The van der Waals surface area contributed by atoms with Gasteiger partial charge in [-0.05, 0) is 66.5 Å². The summed E-state index contributed by atoms with van der Waals surface area (Å²) in [7, 11) is 0. The van der Waals surface area contributed by atoms with Crippen molar-refractivity contribution in [3.8, 4) is 0 Å². The molecule has 0 radical (unpaired) electrons. The Morgan fingerprint density at radius 2 is 1.75 bits per heavy atom. The van der Waals surface area contributed by atoms with E-state index in [0.717, 1.165) is 10.6 Å². The summed E-state index contributed by atoms with van der Waals surface area (Å²) in [6.45, 7) is 2.07. The van der Waals surface area contributed by atoms with Crippen LogP contribution in [0.4, 0.5) is 0 Å². The quantitative estimate of drug-likeness (QED) is 0.582. The van der Waals surface area contributed by atoms with E-state index < -0.39 is 0 Å². The van der Waals surface area contributed by atoms with Gasteiger partial charge in [0, 0.05) is 5.02 Å². The van der Waals surface area contributed by atoms with Crippen LogP contribution in [0.5, 0.6) is 0 Å². The average Bonchev–Trinajstić information content (AvgIpc) is 2.46. The lowest BCUT2D eigenvalue weighted by atomic mass is 9.89. The highest BCUT2D eigenvalue weighted by atomic mass is 79.9. The van der Waals surface area contributed by atoms with Crippen LogP contribution in [0.1, 0.15) is 45.5 Å². The lowest BCUT2D eigenvalue weighted by molar-refractivity contribution is 0.684. The van der Waals surface area contributed by atoms with Crippen molar-refractivity contribution in [2.75, 3.05) is 0 Å². The van der Waals surface area contributed by atoms with Crippen LogP contribution < -0.4 is 0 Å². The summed E-state index contributed by atoms with van der Waals surface area (Å²) in [5, 5.41) is 0.838. The number of fused-ring (bicyclic) bond motifs is 1. The molecule has 104 valence electrons. The second kappa shape index (κ2) is 5.91. The summed E-state index contributed by atoms with van der Waals surface area (Å²) in [6, 6.07) is 13.2. The molecule has 0 N–H and O–H groups in total. The third-order valence-electron chi connectivity index (χ3n) is 4.09. The third-order valence-corrected chi connectivity index (χ3v) is 5.44. The molecule has 0 aliphatic heterocycles. The highest BCUT2D eigenvalue weighted by Gasteiger charge is 2.16. The van der Waals surface area contributed by atoms with E-state index in [1.807, 2.05) is 6.07 Å². The van der Waals surface area contributed by atoms with Crippen LogP contribution in [0.25, 0.3) is 0 Å². The van der Waals surface area contributed by atoms with Crippen LogP contribution >= 0.6 is 27.5 Å². The van der Waals surface area contributed by atoms with E-state index in [2.05, 4.69) is 53.2 Å². The van der Waals surface area contributed by atoms with Crippen molar-refractivity contribution >= 4 is 27.5 Å². The third kappa shape index (κ3) is 2.80. The van der Waals surface area contributed by atoms with E-state index in [-0.39, 0.29) is 4.83 Å². The Morgan fingerprint density at radius 3 is 2.50 bits per heavy atom. The first-order valence-electron chi connectivity index (χ1n) is 7.17. The van der Waals surface area contributed by atoms with E-state index in [1.54, 1.807) is 0 Å². The molecule has 1 aliphatic carbocycles. The molecule has 0 spiro atoms. The van der Waals surface area contributed by atoms with Gasteiger partial charge in [0.15, 0.2) is 0 Å². The van der Waals surface area contributed by atoms with Gasteiger partial charge in [0.2, 0.25) is 0 Å². The molecule has 1 atom stereocenters. The zero-order chi connectivity index (χ0) is 14.1. The van der Waals surface area contributed by atoms with Gasteiger partial charge >= 0.3 is 0 Å². The first-order valence-corrected chi connectivity index (χ1v) is 8.46. The first-order chi connectivity index (χ1) is 9.65. The molecule has 3 rings (SSSR count). The maximum atomic E-state index is 6.39. The highest BCUT2D eigenvalue weighted by molar-refractivity contribution is 9.09. The number of aryl methyl sites for hydroxylation is 3. The number of benzene rings is 2. The van der Waals surface area contributed by atoms with Crippen molar-refractivity contribution in [2.45, 2.75) is 37.4 Å². The van der Waals surface area contributed by atoms with Gasteiger partial charge in [0.1, 0.15) is 0 Å². The molecule has 1 unspecified atom stereocenters. The van der Waals surface area contributed by atoms with Crippen LogP contribution in [0.2, 0.25) is 5.02 Å². The molecule has 2 aromatic carbocycles. The Hall–Kier alpha value is -0.790. The van der Waals surface area contributed by atoms with Crippen molar-refractivity contribution in [1.82, 2.24) is 0 Å². The second-order valence-corrected chi connectivity index (χ2v) is 6.95. The van der Waals surface area contributed by atoms with Crippen LogP contribution in [0.3, 0.4) is 0 Å². The Balaban J connectivity index is 1.95. The fraction of sp³-hybridized carbons (Fsp3) is 0.333. The summed E-state index contributed by atoms with van der Waals surface area (Å²) in [4.78, 5) is 0.169. The molecule has 0 saturated heterocycles. The van der Waals surface area contributed by atoms with Gasteiger partial charge in [-0.3, -0.25) is 0 Å². The summed E-state index contributed by atoms with van der Waals surface area (Å²) in [6.07, 6.45) is 5.08. The first kappa shape index (κ1) is 14.2. The summed E-state index contributed by atoms with van der Waals surface area (Å²) < 4.78 is 0. The van der Waals surface area contributed by atoms with Crippen LogP contribution in [-0.2, 0) is 12.8 Å². The minimum Gasteiger partial charge on any atom is -0.0840 e. The lowest BCUT2D eigenvalue weighted by Gasteiger charge is -2.19. The van der Waals surface area contributed by atoms with E-state index in [1.165, 1.54) is 47.9 Å². The van der Waals surface area contributed by atoms with Crippen molar-refractivity contribution in [1.29, 1.82) is 0 Å². The molecule has 0 nitrogen and oxygen atoms in total. The molecule has 0 fully saturated rings. The van der Waals surface area contributed by atoms with E-state index in [9.17, 15) is 0 Å². The molecule has 0 heterocycles. The lowest BCUT2D eigenvalue weighted by Crippen LogP contribution is -2.04. The minimum absolute atomic E-state index is 0.169.